The van der Waals surface area contributed by atoms with Gasteiger partial charge in [0.1, 0.15) is 10.9 Å². The SMILES string of the molecule is COC(=O)c1scc2c1NC(C(F)(F)F)CC2=O. The van der Waals surface area contributed by atoms with Crippen molar-refractivity contribution in [1.82, 2.24) is 0 Å². The molecule has 1 N–H and O–H groups in total. The minimum atomic E-state index is -4.54. The number of Topliss-reactive ketones (excluding diaryl/α,β-unsaturated/α-hetero) is 1. The van der Waals surface area contributed by atoms with Crippen LogP contribution in [-0.4, -0.2) is 31.1 Å². The highest BCUT2D eigenvalue weighted by Gasteiger charge is 2.45. The van der Waals surface area contributed by atoms with Crippen LogP contribution in [0.3, 0.4) is 0 Å². The number of carbonyl (C=O) groups is 2. The minimum absolute atomic E-state index is 0.0187. The molecular weight excluding hydrogens is 271 g/mol. The number of ether oxygens (including phenoxy) is 1. The molecule has 1 aliphatic rings. The Morgan fingerprint density at radius 1 is 1.56 bits per heavy atom. The van der Waals surface area contributed by atoms with Gasteiger partial charge in [-0.25, -0.2) is 4.79 Å². The normalized spacial score (nSPS) is 19.1. The van der Waals surface area contributed by atoms with E-state index in [0.717, 1.165) is 18.4 Å². The summed E-state index contributed by atoms with van der Waals surface area (Å²) in [5, 5.41) is 3.56. The first-order chi connectivity index (χ1) is 8.34. The van der Waals surface area contributed by atoms with Crippen molar-refractivity contribution >= 4 is 28.8 Å². The quantitative estimate of drug-likeness (QED) is 0.802. The van der Waals surface area contributed by atoms with Crippen LogP contribution in [0.25, 0.3) is 0 Å². The lowest BCUT2D eigenvalue weighted by Gasteiger charge is -2.26. The molecule has 0 aliphatic carbocycles. The molecule has 98 valence electrons. The molecule has 1 aromatic rings. The van der Waals surface area contributed by atoms with E-state index in [9.17, 15) is 22.8 Å². The van der Waals surface area contributed by atoms with Gasteiger partial charge in [-0.1, -0.05) is 0 Å². The molecule has 18 heavy (non-hydrogen) atoms. The zero-order valence-electron chi connectivity index (χ0n) is 9.13. The standard InChI is InChI=1S/C10H8F3NO3S/c1-17-9(16)8-7-4(3-18-8)5(15)2-6(14-7)10(11,12)13/h3,6,14H,2H2,1H3. The molecule has 0 amide bonds. The van der Waals surface area contributed by atoms with Crippen LogP contribution in [0.4, 0.5) is 18.9 Å². The van der Waals surface area contributed by atoms with Gasteiger partial charge in [-0.05, 0) is 0 Å². The molecular formula is C10H8F3NO3S. The summed E-state index contributed by atoms with van der Waals surface area (Å²) in [6, 6.07) is -1.96. The topological polar surface area (TPSA) is 55.4 Å². The number of rotatable bonds is 1. The van der Waals surface area contributed by atoms with Gasteiger partial charge in [0.25, 0.3) is 0 Å². The van der Waals surface area contributed by atoms with E-state index in [1.54, 1.807) is 0 Å². The third-order valence-electron chi connectivity index (χ3n) is 2.57. The molecule has 8 heteroatoms. The Bertz CT molecular complexity index is 509. The highest BCUT2D eigenvalue weighted by atomic mass is 32.1. The maximum Gasteiger partial charge on any atom is 0.408 e. The molecule has 1 aromatic heterocycles. The molecule has 0 aromatic carbocycles. The van der Waals surface area contributed by atoms with Crippen LogP contribution in [0.15, 0.2) is 5.38 Å². The Labute approximate surface area is 104 Å². The average Bonchev–Trinajstić information content (AvgIpc) is 2.71. The van der Waals surface area contributed by atoms with Gasteiger partial charge in [-0.3, -0.25) is 4.79 Å². The summed E-state index contributed by atoms with van der Waals surface area (Å²) in [5.41, 5.74) is 0.0336. The Kier molecular flexibility index (Phi) is 3.05. The summed E-state index contributed by atoms with van der Waals surface area (Å²) in [7, 11) is 1.13. The van der Waals surface area contributed by atoms with E-state index in [-0.39, 0.29) is 16.1 Å². The van der Waals surface area contributed by atoms with Gasteiger partial charge in [0, 0.05) is 11.8 Å². The fourth-order valence-electron chi connectivity index (χ4n) is 1.67. The molecule has 0 saturated carbocycles. The van der Waals surface area contributed by atoms with Crippen molar-refractivity contribution in [3.63, 3.8) is 0 Å². The molecule has 1 unspecified atom stereocenters. The number of esters is 1. The molecule has 1 aliphatic heterocycles. The Morgan fingerprint density at radius 3 is 2.78 bits per heavy atom. The predicted octanol–water partition coefficient (Wildman–Crippen LogP) is 2.46. The monoisotopic (exact) mass is 279 g/mol. The van der Waals surface area contributed by atoms with Crippen LogP contribution in [-0.2, 0) is 4.74 Å². The Hall–Kier alpha value is -1.57. The van der Waals surface area contributed by atoms with Crippen LogP contribution in [0, 0.1) is 0 Å². The second-order valence-electron chi connectivity index (χ2n) is 3.71. The van der Waals surface area contributed by atoms with E-state index >= 15 is 0 Å². The summed E-state index contributed by atoms with van der Waals surface area (Å²) in [4.78, 5) is 22.9. The molecule has 0 saturated heterocycles. The average molecular weight is 279 g/mol. The van der Waals surface area contributed by atoms with Crippen molar-refractivity contribution in [3.05, 3.63) is 15.8 Å². The van der Waals surface area contributed by atoms with Gasteiger partial charge in [0.15, 0.2) is 5.78 Å². The number of hydrogen-bond acceptors (Lipinski definition) is 5. The summed E-state index contributed by atoms with van der Waals surface area (Å²) in [6.45, 7) is 0. The van der Waals surface area contributed by atoms with Crippen LogP contribution in [0.2, 0.25) is 0 Å². The lowest BCUT2D eigenvalue weighted by molar-refractivity contribution is -0.142. The molecule has 4 nitrogen and oxygen atoms in total. The minimum Gasteiger partial charge on any atom is -0.465 e. The van der Waals surface area contributed by atoms with Gasteiger partial charge < -0.3 is 10.1 Å². The Balaban J connectivity index is 2.41. The van der Waals surface area contributed by atoms with Gasteiger partial charge >= 0.3 is 12.1 Å². The van der Waals surface area contributed by atoms with Crippen LogP contribution < -0.4 is 5.32 Å². The lowest BCUT2D eigenvalue weighted by atomic mass is 9.98. The molecule has 1 atom stereocenters. The van der Waals surface area contributed by atoms with Crippen molar-refractivity contribution in [2.75, 3.05) is 12.4 Å². The van der Waals surface area contributed by atoms with E-state index in [2.05, 4.69) is 10.1 Å². The zero-order chi connectivity index (χ0) is 13.5. The molecule has 0 radical (unpaired) electrons. The highest BCUT2D eigenvalue weighted by Crippen LogP contribution is 2.38. The first kappa shape index (κ1) is 12.9. The van der Waals surface area contributed by atoms with Gasteiger partial charge in [0.2, 0.25) is 0 Å². The van der Waals surface area contributed by atoms with Gasteiger partial charge in [-0.15, -0.1) is 11.3 Å². The van der Waals surface area contributed by atoms with E-state index < -0.39 is 30.4 Å². The lowest BCUT2D eigenvalue weighted by Crippen LogP contribution is -2.41. The maximum absolute atomic E-state index is 12.6. The third-order valence-corrected chi connectivity index (χ3v) is 3.53. The van der Waals surface area contributed by atoms with E-state index in [1.807, 2.05) is 0 Å². The zero-order valence-corrected chi connectivity index (χ0v) is 9.95. The number of halogens is 3. The predicted molar refractivity (Wildman–Crippen MR) is 58.1 cm³/mol. The fourth-order valence-corrected chi connectivity index (χ4v) is 2.62. The molecule has 0 fully saturated rings. The molecule has 2 rings (SSSR count). The van der Waals surface area contributed by atoms with Crippen molar-refractivity contribution in [2.45, 2.75) is 18.6 Å². The molecule has 0 spiro atoms. The number of methoxy groups -OCH3 is 1. The van der Waals surface area contributed by atoms with Crippen molar-refractivity contribution in [3.8, 4) is 0 Å². The Morgan fingerprint density at radius 2 is 2.22 bits per heavy atom. The molecule has 0 bridgehead atoms. The number of fused-ring (bicyclic) bond motifs is 1. The number of anilines is 1. The van der Waals surface area contributed by atoms with Crippen molar-refractivity contribution < 1.29 is 27.5 Å². The van der Waals surface area contributed by atoms with E-state index in [4.69, 9.17) is 0 Å². The van der Waals surface area contributed by atoms with Gasteiger partial charge in [-0.2, -0.15) is 13.2 Å². The van der Waals surface area contributed by atoms with Crippen LogP contribution >= 0.6 is 11.3 Å². The number of hydrogen-bond donors (Lipinski definition) is 1. The van der Waals surface area contributed by atoms with Crippen LogP contribution in [0.5, 0.6) is 0 Å². The largest absolute Gasteiger partial charge is 0.465 e. The number of nitrogens with one attached hydrogen (secondary N) is 1. The van der Waals surface area contributed by atoms with Crippen LogP contribution in [0.1, 0.15) is 26.5 Å². The van der Waals surface area contributed by atoms with Gasteiger partial charge in [0.05, 0.1) is 18.4 Å². The van der Waals surface area contributed by atoms with E-state index in [0.29, 0.717) is 0 Å². The highest BCUT2D eigenvalue weighted by molar-refractivity contribution is 7.13. The second kappa shape index (κ2) is 4.27. The summed E-state index contributed by atoms with van der Waals surface area (Å²) in [5.74, 6) is -1.39. The van der Waals surface area contributed by atoms with Crippen molar-refractivity contribution in [2.24, 2.45) is 0 Å². The summed E-state index contributed by atoms with van der Waals surface area (Å²) in [6.07, 6.45) is -5.20. The summed E-state index contributed by atoms with van der Waals surface area (Å²) < 4.78 is 42.3. The van der Waals surface area contributed by atoms with Crippen molar-refractivity contribution in [1.29, 1.82) is 0 Å². The van der Waals surface area contributed by atoms with E-state index in [1.165, 1.54) is 5.38 Å². The second-order valence-corrected chi connectivity index (χ2v) is 4.59. The first-order valence-corrected chi connectivity index (χ1v) is 5.78. The fraction of sp³-hybridized carbons (Fsp3) is 0.400. The number of ketones is 1. The third kappa shape index (κ3) is 2.07. The smallest absolute Gasteiger partial charge is 0.408 e. The first-order valence-electron chi connectivity index (χ1n) is 4.91. The maximum atomic E-state index is 12.6. The number of thiophene rings is 1. The number of alkyl halides is 3. The summed E-state index contributed by atoms with van der Waals surface area (Å²) >= 11 is 0.889. The molecule has 2 heterocycles. The number of carbonyl (C=O) groups excluding carboxylic acids is 2.